The molecule has 0 radical (unpaired) electrons. The minimum Gasteiger partial charge on any atom is -0.469 e. The topological polar surface area (TPSA) is 54.0 Å². The first kappa shape index (κ1) is 31.1. The van der Waals surface area contributed by atoms with Crippen LogP contribution >= 0.6 is 0 Å². The second-order valence-electron chi connectivity index (χ2n) is 15.6. The molecule has 4 aliphatic carbocycles. The van der Waals surface area contributed by atoms with E-state index < -0.39 is 8.32 Å². The van der Waals surface area contributed by atoms with Crippen molar-refractivity contribution in [1.82, 2.24) is 0 Å². The van der Waals surface area contributed by atoms with E-state index in [0.29, 0.717) is 58.9 Å². The van der Waals surface area contributed by atoms with Gasteiger partial charge < -0.3 is 18.5 Å². The summed E-state index contributed by atoms with van der Waals surface area (Å²) in [6.45, 7) is 17.0. The molecule has 1 heterocycles. The van der Waals surface area contributed by atoms with Gasteiger partial charge in [-0.2, -0.15) is 0 Å². The van der Waals surface area contributed by atoms with Crippen LogP contribution in [-0.4, -0.2) is 46.8 Å². The quantitative estimate of drug-likeness (QED) is 0.195. The Labute approximate surface area is 246 Å². The summed E-state index contributed by atoms with van der Waals surface area (Å²) in [6, 6.07) is 1.18. The molecule has 0 N–H and O–H groups in total. The van der Waals surface area contributed by atoms with Gasteiger partial charge >= 0.3 is 13.1 Å². The number of carbonyl (C=O) groups is 1. The predicted octanol–water partition coefficient (Wildman–Crippen LogP) is 8.14. The molecular weight excluding hydrogens is 515 g/mol. The molecule has 0 spiro atoms. The van der Waals surface area contributed by atoms with Gasteiger partial charge in [0.2, 0.25) is 0 Å². The first-order chi connectivity index (χ1) is 19.0. The van der Waals surface area contributed by atoms with Gasteiger partial charge in [-0.05, 0) is 123 Å². The molecular formula is C33H59BO5Si. The van der Waals surface area contributed by atoms with Gasteiger partial charge in [0.1, 0.15) is 0 Å². The van der Waals surface area contributed by atoms with Gasteiger partial charge in [-0.15, -0.1) is 0 Å². The highest BCUT2D eigenvalue weighted by Gasteiger charge is 2.68. The molecule has 0 amide bonds. The zero-order valence-electron chi connectivity index (χ0n) is 27.0. The number of esters is 1. The molecule has 5 fully saturated rings. The fourth-order valence-corrected chi connectivity index (χ4v) is 11.9. The number of unbranched alkanes of at least 4 members (excludes halogenated alkanes) is 1. The highest BCUT2D eigenvalue weighted by Crippen LogP contribution is 2.70. The number of methoxy groups -OCH3 is 1. The van der Waals surface area contributed by atoms with Crippen LogP contribution in [-0.2, 0) is 23.3 Å². The lowest BCUT2D eigenvalue weighted by Gasteiger charge is -2.64. The fraction of sp³-hybridized carbons (Fsp3) is 0.970. The van der Waals surface area contributed by atoms with Crippen molar-refractivity contribution >= 4 is 21.4 Å². The maximum absolute atomic E-state index is 11.9. The van der Waals surface area contributed by atoms with Crippen molar-refractivity contribution in [1.29, 1.82) is 0 Å². The van der Waals surface area contributed by atoms with E-state index in [-0.39, 0.29) is 25.3 Å². The summed E-state index contributed by atoms with van der Waals surface area (Å²) in [7, 11) is -0.133. The Balaban J connectivity index is 1.41. The summed E-state index contributed by atoms with van der Waals surface area (Å²) in [5.74, 6) is 3.69. The Kier molecular flexibility index (Phi) is 9.29. The third kappa shape index (κ3) is 5.52. The third-order valence-electron chi connectivity index (χ3n) is 13.2. The molecule has 228 valence electrons. The Morgan fingerprint density at radius 3 is 2.40 bits per heavy atom. The highest BCUT2D eigenvalue weighted by molar-refractivity contribution is 6.71. The summed E-state index contributed by atoms with van der Waals surface area (Å²) in [6.07, 6.45) is 14.5. The normalized spacial score (nSPS) is 43.5. The van der Waals surface area contributed by atoms with Gasteiger partial charge in [-0.1, -0.05) is 47.5 Å². The monoisotopic (exact) mass is 574 g/mol. The molecule has 1 saturated heterocycles. The molecule has 5 nitrogen and oxygen atoms in total. The number of fused-ring (bicyclic) bond motifs is 8. The summed E-state index contributed by atoms with van der Waals surface area (Å²) < 4.78 is 25.8. The van der Waals surface area contributed by atoms with Crippen LogP contribution in [0.15, 0.2) is 0 Å². The largest absolute Gasteiger partial charge is 0.469 e. The van der Waals surface area contributed by atoms with Gasteiger partial charge in [0.15, 0.2) is 8.32 Å². The molecule has 1 aliphatic heterocycles. The molecule has 0 unspecified atom stereocenters. The van der Waals surface area contributed by atoms with Crippen molar-refractivity contribution in [2.24, 2.45) is 46.3 Å². The van der Waals surface area contributed by atoms with E-state index in [2.05, 4.69) is 47.7 Å². The molecule has 7 heteroatoms. The van der Waals surface area contributed by atoms with Crippen molar-refractivity contribution in [3.63, 3.8) is 0 Å². The minimum atomic E-state index is -1.61. The van der Waals surface area contributed by atoms with Gasteiger partial charge in [0.25, 0.3) is 0 Å². The highest BCUT2D eigenvalue weighted by atomic mass is 28.4. The van der Waals surface area contributed by atoms with Crippen molar-refractivity contribution in [3.05, 3.63) is 0 Å². The van der Waals surface area contributed by atoms with Crippen molar-refractivity contribution in [2.45, 2.75) is 149 Å². The molecule has 5 aliphatic rings. The van der Waals surface area contributed by atoms with Crippen LogP contribution in [0.5, 0.6) is 0 Å². The van der Waals surface area contributed by atoms with Gasteiger partial charge in [0.05, 0.1) is 19.3 Å². The lowest BCUT2D eigenvalue weighted by atomic mass is 9.43. The van der Waals surface area contributed by atoms with E-state index in [1.165, 1.54) is 64.5 Å². The molecule has 0 aromatic carbocycles. The van der Waals surface area contributed by atoms with E-state index in [0.717, 1.165) is 19.2 Å². The first-order valence-electron chi connectivity index (χ1n) is 17.0. The van der Waals surface area contributed by atoms with Gasteiger partial charge in [-0.3, -0.25) is 4.79 Å². The summed E-state index contributed by atoms with van der Waals surface area (Å²) in [5.41, 5.74) is 0.634. The number of ether oxygens (including phenoxy) is 1. The maximum atomic E-state index is 11.9. The number of carbonyl (C=O) groups excluding carboxylic acids is 1. The van der Waals surface area contributed by atoms with Gasteiger partial charge in [0, 0.05) is 12.5 Å². The van der Waals surface area contributed by atoms with Crippen LogP contribution in [0.4, 0.5) is 0 Å². The van der Waals surface area contributed by atoms with Crippen molar-refractivity contribution in [2.75, 3.05) is 7.11 Å². The number of hydrogen-bond acceptors (Lipinski definition) is 5. The van der Waals surface area contributed by atoms with E-state index in [1.807, 2.05) is 0 Å². The molecule has 0 bridgehead atoms. The van der Waals surface area contributed by atoms with Crippen LogP contribution in [0.3, 0.4) is 0 Å². The average Bonchev–Trinajstić information content (AvgIpc) is 3.51. The minimum absolute atomic E-state index is 0.0370. The fourth-order valence-electron chi connectivity index (χ4n) is 10.7. The van der Waals surface area contributed by atoms with E-state index in [1.54, 1.807) is 0 Å². The summed E-state index contributed by atoms with van der Waals surface area (Å²) >= 11 is 0. The second-order valence-corrected chi connectivity index (χ2v) is 20.1. The van der Waals surface area contributed by atoms with Crippen molar-refractivity contribution in [3.8, 4) is 0 Å². The number of rotatable bonds is 10. The Morgan fingerprint density at radius 2 is 1.70 bits per heavy atom. The molecule has 5 rings (SSSR count). The molecule has 11 atom stereocenters. The van der Waals surface area contributed by atoms with Crippen LogP contribution in [0.2, 0.25) is 25.5 Å². The number of hydrogen-bond donors (Lipinski definition) is 0. The predicted molar refractivity (Wildman–Crippen MR) is 164 cm³/mol. The van der Waals surface area contributed by atoms with Crippen LogP contribution in [0, 0.1) is 46.3 Å². The zero-order valence-corrected chi connectivity index (χ0v) is 28.0. The second kappa shape index (κ2) is 12.0. The van der Waals surface area contributed by atoms with E-state index in [9.17, 15) is 4.79 Å². The SMILES string of the molecule is CCCCB1O[C@@H]2[C@H](O1)[C@H]1C[C@H](O[Si](C)(C)CC)CC[C@]1(C)[C@H]1CC[C@]3(C)[C@@H]([C@H](C)CCC(=O)OC)CC[C@H]3[C@H]21. The lowest BCUT2D eigenvalue weighted by molar-refractivity contribution is -0.189. The maximum Gasteiger partial charge on any atom is 0.457 e. The molecule has 0 aromatic rings. The Bertz CT molecular complexity index is 900. The van der Waals surface area contributed by atoms with Crippen LogP contribution in [0.1, 0.15) is 105 Å². The smallest absolute Gasteiger partial charge is 0.457 e. The third-order valence-corrected chi connectivity index (χ3v) is 15.9. The Hall–Kier alpha value is -0.368. The Morgan fingerprint density at radius 1 is 1.00 bits per heavy atom. The van der Waals surface area contributed by atoms with Gasteiger partial charge in [-0.25, -0.2) is 0 Å². The lowest BCUT2D eigenvalue weighted by Crippen LogP contribution is -2.63. The molecule has 4 saturated carbocycles. The van der Waals surface area contributed by atoms with Crippen molar-refractivity contribution < 1.29 is 23.3 Å². The zero-order chi connectivity index (χ0) is 28.9. The summed E-state index contributed by atoms with van der Waals surface area (Å²) in [4.78, 5) is 11.9. The van der Waals surface area contributed by atoms with Crippen LogP contribution in [0.25, 0.3) is 0 Å². The van der Waals surface area contributed by atoms with E-state index in [4.69, 9.17) is 18.5 Å². The van der Waals surface area contributed by atoms with Crippen LogP contribution < -0.4 is 0 Å². The van der Waals surface area contributed by atoms with E-state index >= 15 is 0 Å². The molecule has 0 aromatic heterocycles. The summed E-state index contributed by atoms with van der Waals surface area (Å²) in [5, 5.41) is 0. The average molecular weight is 575 g/mol. The first-order valence-corrected chi connectivity index (χ1v) is 20.1. The standard InChI is InChI=1S/C33H59BO5Si/c1-9-11-20-34-37-30-27-21-23(39-40(7,8)10-2)16-18-33(27,5)26-17-19-32(4)24(22(3)12-15-28(35)36-6)13-14-25(32)29(26)31(30)38-34/h22-27,29-31H,9-21H2,1-8H3/t22-,23-,24-,25+,26+,27-,29+,30-,31+,32-,33-/m1/s1. The molecule has 40 heavy (non-hydrogen) atoms.